The maximum atomic E-state index is 13.3. The Labute approximate surface area is 250 Å². The molecule has 0 bridgehead atoms. The van der Waals surface area contributed by atoms with Crippen LogP contribution in [0.15, 0.2) is 103 Å². The average Bonchev–Trinajstić information content (AvgIpc) is 3.02. The number of carbonyl (C=O) groups is 1. The van der Waals surface area contributed by atoms with Crippen molar-refractivity contribution in [2.75, 3.05) is 18.8 Å². The van der Waals surface area contributed by atoms with Crippen molar-refractivity contribution in [1.29, 1.82) is 0 Å². The van der Waals surface area contributed by atoms with Crippen molar-refractivity contribution in [1.82, 2.24) is 4.90 Å². The molecule has 4 heteroatoms. The van der Waals surface area contributed by atoms with E-state index in [1.165, 1.54) is 34.4 Å². The van der Waals surface area contributed by atoms with Crippen LogP contribution in [0.3, 0.4) is 0 Å². The second-order valence-corrected chi connectivity index (χ2v) is 11.9. The van der Waals surface area contributed by atoms with Gasteiger partial charge in [-0.2, -0.15) is 0 Å². The fourth-order valence-corrected chi connectivity index (χ4v) is 6.80. The minimum absolute atomic E-state index is 0.166. The van der Waals surface area contributed by atoms with E-state index in [0.29, 0.717) is 25.3 Å². The lowest BCUT2D eigenvalue weighted by molar-refractivity contribution is -0.119. The Morgan fingerprint density at radius 3 is 2.17 bits per heavy atom. The molecule has 0 fully saturated rings. The van der Waals surface area contributed by atoms with E-state index < -0.39 is 0 Å². The maximum absolute atomic E-state index is 13.3. The third kappa shape index (κ3) is 7.17. The predicted octanol–water partition coefficient (Wildman–Crippen LogP) is 8.47. The van der Waals surface area contributed by atoms with Gasteiger partial charge in [0.05, 0.1) is 0 Å². The van der Waals surface area contributed by atoms with Crippen LogP contribution < -0.4 is 5.73 Å². The summed E-state index contributed by atoms with van der Waals surface area (Å²) in [5.41, 5.74) is 13.2. The summed E-state index contributed by atoms with van der Waals surface area (Å²) in [4.78, 5) is 15.5. The highest BCUT2D eigenvalue weighted by atomic mass is 19.1. The quantitative estimate of drug-likeness (QED) is 0.166. The number of nitrogen functional groups attached to an aromatic ring is 1. The number of hydrogen-bond acceptors (Lipinski definition) is 3. The fourth-order valence-electron chi connectivity index (χ4n) is 6.80. The molecule has 5 rings (SSSR count). The summed E-state index contributed by atoms with van der Waals surface area (Å²) in [7, 11) is 0. The second-order valence-electron chi connectivity index (χ2n) is 11.9. The number of carbonyl (C=O) groups excluding carboxylic acids is 1. The summed E-state index contributed by atoms with van der Waals surface area (Å²) in [5.74, 6) is 0.0296. The molecule has 218 valence electrons. The lowest BCUT2D eigenvalue weighted by Crippen LogP contribution is -2.36. The molecule has 1 aliphatic heterocycles. The number of Topliss-reactive ketones (excluding diaryl/α,β-unsaturated/α-hetero) is 1. The highest BCUT2D eigenvalue weighted by Crippen LogP contribution is 2.42. The third-order valence-electron chi connectivity index (χ3n) is 9.20. The number of fused-ring (bicyclic) bond motifs is 1. The molecular weight excluding hydrogens is 519 g/mol. The number of anilines is 1. The first-order valence-electron chi connectivity index (χ1n) is 15.4. The molecule has 0 saturated carbocycles. The van der Waals surface area contributed by atoms with Crippen LogP contribution in [0, 0.1) is 5.82 Å². The van der Waals surface area contributed by atoms with Crippen molar-refractivity contribution >= 4 is 11.5 Å². The SMILES string of the molecule is CC1c2cc(N)ccc2CCN1CCCC(CCCC(=O)CCc1ccc(F)cc1)(c1ccccc1)c1ccccc1. The van der Waals surface area contributed by atoms with Gasteiger partial charge in [-0.15, -0.1) is 0 Å². The highest BCUT2D eigenvalue weighted by Gasteiger charge is 2.34. The minimum atomic E-state index is -0.243. The molecule has 0 aliphatic carbocycles. The minimum Gasteiger partial charge on any atom is -0.399 e. The van der Waals surface area contributed by atoms with E-state index >= 15 is 0 Å². The standard InChI is InChI=1S/C38H43FN2O/c1-29-37-28-35(40)21-18-31(37)23-27-41(29)26-9-25-38(32-10-4-2-5-11-32,33-12-6-3-7-13-33)24-8-14-36(42)22-17-30-15-19-34(39)20-16-30/h2-7,10-13,15-16,18-21,28-29H,8-9,14,17,22-27,40H2,1H3. The van der Waals surface area contributed by atoms with Gasteiger partial charge in [0.15, 0.2) is 0 Å². The van der Waals surface area contributed by atoms with Crippen molar-refractivity contribution in [3.8, 4) is 0 Å². The van der Waals surface area contributed by atoms with Crippen LogP contribution >= 0.6 is 0 Å². The molecule has 3 nitrogen and oxygen atoms in total. The van der Waals surface area contributed by atoms with Crippen LogP contribution in [0.2, 0.25) is 0 Å². The average molecular weight is 563 g/mol. The van der Waals surface area contributed by atoms with Crippen molar-refractivity contribution < 1.29 is 9.18 Å². The van der Waals surface area contributed by atoms with E-state index in [1.54, 1.807) is 12.1 Å². The van der Waals surface area contributed by atoms with Gasteiger partial charge < -0.3 is 5.73 Å². The van der Waals surface area contributed by atoms with Crippen LogP contribution in [-0.2, 0) is 23.1 Å². The van der Waals surface area contributed by atoms with Crippen LogP contribution in [0.1, 0.15) is 79.3 Å². The zero-order valence-corrected chi connectivity index (χ0v) is 24.8. The van der Waals surface area contributed by atoms with Gasteiger partial charge in [-0.05, 0) is 104 Å². The third-order valence-corrected chi connectivity index (χ3v) is 9.20. The number of halogens is 1. The number of nitrogens with zero attached hydrogens (tertiary/aromatic N) is 1. The number of rotatable bonds is 13. The molecule has 0 aromatic heterocycles. The van der Waals surface area contributed by atoms with Crippen LogP contribution in [0.25, 0.3) is 0 Å². The predicted molar refractivity (Wildman–Crippen MR) is 171 cm³/mol. The fraction of sp³-hybridized carbons (Fsp3) is 0.342. The molecule has 2 N–H and O–H groups in total. The molecular formula is C38H43FN2O. The molecule has 1 atom stereocenters. The van der Waals surface area contributed by atoms with E-state index in [4.69, 9.17) is 5.73 Å². The largest absolute Gasteiger partial charge is 0.399 e. The number of ketones is 1. The van der Waals surface area contributed by atoms with Gasteiger partial charge in [-0.1, -0.05) is 78.9 Å². The topological polar surface area (TPSA) is 46.3 Å². The normalized spacial score (nSPS) is 15.3. The molecule has 0 amide bonds. The summed E-state index contributed by atoms with van der Waals surface area (Å²) < 4.78 is 13.3. The van der Waals surface area contributed by atoms with Crippen molar-refractivity contribution in [2.24, 2.45) is 0 Å². The van der Waals surface area contributed by atoms with Crippen molar-refractivity contribution in [3.63, 3.8) is 0 Å². The molecule has 1 heterocycles. The Hall–Kier alpha value is -3.76. The first-order chi connectivity index (χ1) is 20.4. The van der Waals surface area contributed by atoms with Crippen LogP contribution in [0.5, 0.6) is 0 Å². The summed E-state index contributed by atoms with van der Waals surface area (Å²) in [5, 5.41) is 0. The van der Waals surface area contributed by atoms with Gasteiger partial charge in [0.25, 0.3) is 0 Å². The molecule has 4 aromatic rings. The number of aryl methyl sites for hydroxylation is 1. The Bertz CT molecular complexity index is 1400. The van der Waals surface area contributed by atoms with Crippen molar-refractivity contribution in [3.05, 3.63) is 137 Å². The smallest absolute Gasteiger partial charge is 0.133 e. The first-order valence-corrected chi connectivity index (χ1v) is 15.4. The molecule has 42 heavy (non-hydrogen) atoms. The first kappa shape index (κ1) is 29.7. The molecule has 1 unspecified atom stereocenters. The van der Waals surface area contributed by atoms with Crippen LogP contribution in [0.4, 0.5) is 10.1 Å². The molecule has 0 radical (unpaired) electrons. The van der Waals surface area contributed by atoms with Gasteiger partial charge in [-0.3, -0.25) is 9.69 Å². The molecule has 0 saturated heterocycles. The van der Waals surface area contributed by atoms with Crippen LogP contribution in [-0.4, -0.2) is 23.8 Å². The monoisotopic (exact) mass is 562 g/mol. The summed E-state index contributed by atoms with van der Waals surface area (Å²) in [6.45, 7) is 4.38. The zero-order chi connectivity index (χ0) is 29.4. The van der Waals surface area contributed by atoms with E-state index in [-0.39, 0.29) is 17.0 Å². The van der Waals surface area contributed by atoms with E-state index in [1.807, 2.05) is 6.07 Å². The van der Waals surface area contributed by atoms with Crippen molar-refractivity contribution in [2.45, 2.75) is 69.7 Å². The maximum Gasteiger partial charge on any atom is 0.133 e. The summed E-state index contributed by atoms with van der Waals surface area (Å²) in [6.07, 6.45) is 6.59. The Morgan fingerprint density at radius 2 is 1.50 bits per heavy atom. The van der Waals surface area contributed by atoms with Gasteiger partial charge >= 0.3 is 0 Å². The highest BCUT2D eigenvalue weighted by molar-refractivity contribution is 5.78. The molecule has 0 spiro atoms. The number of nitrogens with two attached hydrogens (primary N) is 1. The number of benzene rings is 4. The molecule has 1 aliphatic rings. The zero-order valence-electron chi connectivity index (χ0n) is 24.8. The van der Waals surface area contributed by atoms with Gasteiger partial charge in [0, 0.05) is 36.5 Å². The van der Waals surface area contributed by atoms with Gasteiger partial charge in [0.2, 0.25) is 0 Å². The molecule has 4 aromatic carbocycles. The van der Waals surface area contributed by atoms with E-state index in [0.717, 1.165) is 56.4 Å². The summed E-state index contributed by atoms with van der Waals surface area (Å²) >= 11 is 0. The van der Waals surface area contributed by atoms with Gasteiger partial charge in [-0.25, -0.2) is 4.39 Å². The number of hydrogen-bond donors (Lipinski definition) is 1. The van der Waals surface area contributed by atoms with E-state index in [9.17, 15) is 9.18 Å². The Kier molecular flexibility index (Phi) is 9.86. The Morgan fingerprint density at radius 1 is 0.857 bits per heavy atom. The van der Waals surface area contributed by atoms with E-state index in [2.05, 4.69) is 84.6 Å². The lowest BCUT2D eigenvalue weighted by Gasteiger charge is -2.39. The summed E-state index contributed by atoms with van der Waals surface area (Å²) in [6, 6.07) is 34.9. The Balaban J connectivity index is 1.29. The lowest BCUT2D eigenvalue weighted by atomic mass is 9.68. The van der Waals surface area contributed by atoms with Gasteiger partial charge in [0.1, 0.15) is 11.6 Å². The second kappa shape index (κ2) is 13.9.